The maximum Gasteiger partial charge on any atom is 0.271 e. The summed E-state index contributed by atoms with van der Waals surface area (Å²) in [5, 5.41) is 9.38. The quantitative estimate of drug-likeness (QED) is 0.556. The van der Waals surface area contributed by atoms with Gasteiger partial charge in [0.1, 0.15) is 10.5 Å². The molecule has 3 heterocycles. The number of nitrogens with zero attached hydrogens (tertiary/aromatic N) is 4. The van der Waals surface area contributed by atoms with Gasteiger partial charge in [0.2, 0.25) is 5.91 Å². The van der Waals surface area contributed by atoms with E-state index in [4.69, 9.17) is 0 Å². The average Bonchev–Trinajstić information content (AvgIpc) is 3.18. The number of nitrogens with one attached hydrogen (secondary N) is 1. The Kier molecular flexibility index (Phi) is 4.72. The second-order valence-corrected chi connectivity index (χ2v) is 7.34. The van der Waals surface area contributed by atoms with Crippen LogP contribution in [-0.4, -0.2) is 31.0 Å². The van der Waals surface area contributed by atoms with Gasteiger partial charge in [-0.2, -0.15) is 5.10 Å². The second-order valence-electron chi connectivity index (χ2n) is 5.49. The monoisotopic (exact) mass is 363 g/mol. The lowest BCUT2D eigenvalue weighted by Gasteiger charge is -2.12. The molecule has 0 fully saturated rings. The highest BCUT2D eigenvalue weighted by atomic mass is 32.2. The molecule has 0 saturated heterocycles. The van der Waals surface area contributed by atoms with Gasteiger partial charge in [0.15, 0.2) is 5.16 Å². The minimum atomic E-state index is -0.165. The molecule has 9 heteroatoms. The molecule has 0 aliphatic carbocycles. The molecule has 3 aromatic rings. The van der Waals surface area contributed by atoms with Crippen LogP contribution in [0.2, 0.25) is 0 Å². The summed E-state index contributed by atoms with van der Waals surface area (Å²) in [6.07, 6.45) is 1.65. The molecule has 24 heavy (non-hydrogen) atoms. The summed E-state index contributed by atoms with van der Waals surface area (Å²) in [5.41, 5.74) is 0.583. The van der Waals surface area contributed by atoms with E-state index >= 15 is 0 Å². The summed E-state index contributed by atoms with van der Waals surface area (Å²) in [5.74, 6) is 0.659. The molecule has 126 valence electrons. The van der Waals surface area contributed by atoms with Crippen molar-refractivity contribution in [3.63, 3.8) is 0 Å². The maximum atomic E-state index is 12.2. The van der Waals surface area contributed by atoms with Gasteiger partial charge in [-0.3, -0.25) is 14.2 Å². The van der Waals surface area contributed by atoms with E-state index in [9.17, 15) is 9.59 Å². The number of thiophene rings is 1. The molecule has 0 aliphatic heterocycles. The predicted molar refractivity (Wildman–Crippen MR) is 96.8 cm³/mol. The molecule has 3 rings (SSSR count). The first-order valence-electron chi connectivity index (χ1n) is 7.37. The number of carbonyl (C=O) groups excluding carboxylic acids is 1. The first-order chi connectivity index (χ1) is 11.5. The third kappa shape index (κ3) is 3.22. The highest BCUT2D eigenvalue weighted by Crippen LogP contribution is 2.20. The molecule has 7 nitrogen and oxygen atoms in total. The molecule has 1 N–H and O–H groups in total. The second kappa shape index (κ2) is 6.78. The number of hydrogen-bond acceptors (Lipinski definition) is 6. The molecule has 0 bridgehead atoms. The Balaban J connectivity index is 1.71. The minimum absolute atomic E-state index is 0.0872. The zero-order valence-electron chi connectivity index (χ0n) is 13.5. The maximum absolute atomic E-state index is 12.2. The fourth-order valence-corrected chi connectivity index (χ4v) is 3.81. The van der Waals surface area contributed by atoms with Gasteiger partial charge in [-0.25, -0.2) is 9.67 Å². The van der Waals surface area contributed by atoms with E-state index in [1.54, 1.807) is 24.0 Å². The Labute approximate surface area is 146 Å². The zero-order chi connectivity index (χ0) is 17.3. The van der Waals surface area contributed by atoms with E-state index in [0.717, 1.165) is 0 Å². The van der Waals surface area contributed by atoms with E-state index in [1.807, 2.05) is 25.3 Å². The van der Waals surface area contributed by atoms with Crippen molar-refractivity contribution in [3.8, 4) is 0 Å². The van der Waals surface area contributed by atoms with Crippen LogP contribution in [0.15, 0.2) is 33.7 Å². The molecule has 1 amide bonds. The Morgan fingerprint density at radius 2 is 2.21 bits per heavy atom. The van der Waals surface area contributed by atoms with Crippen LogP contribution in [0.1, 0.15) is 19.9 Å². The van der Waals surface area contributed by atoms with Gasteiger partial charge < -0.3 is 5.32 Å². The number of anilines is 1. The number of thioether (sulfide) groups is 1. The Morgan fingerprint density at radius 3 is 2.96 bits per heavy atom. The lowest BCUT2D eigenvalue weighted by Crippen LogP contribution is -2.21. The number of carbonyl (C=O) groups is 1. The molecule has 0 atom stereocenters. The van der Waals surface area contributed by atoms with Gasteiger partial charge in [-0.15, -0.1) is 11.3 Å². The Hall–Kier alpha value is -2.13. The van der Waals surface area contributed by atoms with Crippen LogP contribution in [0.5, 0.6) is 0 Å². The smallest absolute Gasteiger partial charge is 0.271 e. The number of hydrogen-bond donors (Lipinski definition) is 1. The molecule has 0 aromatic carbocycles. The van der Waals surface area contributed by atoms with Gasteiger partial charge >= 0.3 is 0 Å². The number of amides is 1. The zero-order valence-corrected chi connectivity index (χ0v) is 15.1. The normalized spacial score (nSPS) is 11.3. The van der Waals surface area contributed by atoms with Crippen LogP contribution in [-0.2, 0) is 11.8 Å². The number of rotatable bonds is 5. The number of fused-ring (bicyclic) bond motifs is 1. The molecular weight excluding hydrogens is 346 g/mol. The van der Waals surface area contributed by atoms with Crippen molar-refractivity contribution >= 4 is 45.0 Å². The Morgan fingerprint density at radius 1 is 1.42 bits per heavy atom. The minimum Gasteiger partial charge on any atom is -0.310 e. The molecular formula is C15H17N5O2S2. The summed E-state index contributed by atoms with van der Waals surface area (Å²) < 4.78 is 3.86. The lowest BCUT2D eigenvalue weighted by molar-refractivity contribution is -0.113. The molecule has 0 radical (unpaired) electrons. The molecule has 0 unspecified atom stereocenters. The summed E-state index contributed by atoms with van der Waals surface area (Å²) in [6.45, 7) is 3.99. The van der Waals surface area contributed by atoms with Crippen molar-refractivity contribution in [3.05, 3.63) is 34.1 Å². The van der Waals surface area contributed by atoms with Gasteiger partial charge in [-0.05, 0) is 25.3 Å². The molecule has 0 aliphatic rings. The fraction of sp³-hybridized carbons (Fsp3) is 0.333. The van der Waals surface area contributed by atoms with Gasteiger partial charge in [0, 0.05) is 19.2 Å². The van der Waals surface area contributed by atoms with Crippen molar-refractivity contribution in [2.45, 2.75) is 25.0 Å². The van der Waals surface area contributed by atoms with Crippen molar-refractivity contribution in [2.24, 2.45) is 7.05 Å². The van der Waals surface area contributed by atoms with E-state index in [0.29, 0.717) is 21.2 Å². The highest BCUT2D eigenvalue weighted by Gasteiger charge is 2.13. The van der Waals surface area contributed by atoms with Crippen molar-refractivity contribution in [2.75, 3.05) is 11.1 Å². The highest BCUT2D eigenvalue weighted by molar-refractivity contribution is 7.99. The first kappa shape index (κ1) is 16.7. The third-order valence-corrected chi connectivity index (χ3v) is 5.33. The van der Waals surface area contributed by atoms with Gasteiger partial charge in [0.05, 0.1) is 17.5 Å². The largest absolute Gasteiger partial charge is 0.310 e. The van der Waals surface area contributed by atoms with Crippen LogP contribution in [0.3, 0.4) is 0 Å². The molecule has 0 saturated carbocycles. The van der Waals surface area contributed by atoms with Crippen LogP contribution in [0.4, 0.5) is 5.82 Å². The standard InChI is InChI=1S/C15H17N5O2S2/c1-9(2)20-11(4-6-16-20)18-12(21)8-24-15-17-10-5-7-23-13(10)14(22)19(15)3/h4-7,9H,8H2,1-3H3,(H,18,21). The first-order valence-corrected chi connectivity index (χ1v) is 9.24. The Bertz CT molecular complexity index is 941. The van der Waals surface area contributed by atoms with Crippen LogP contribution in [0, 0.1) is 0 Å². The van der Waals surface area contributed by atoms with Crippen molar-refractivity contribution < 1.29 is 4.79 Å². The van der Waals surface area contributed by atoms with Crippen LogP contribution >= 0.6 is 23.1 Å². The lowest BCUT2D eigenvalue weighted by atomic mass is 10.4. The summed E-state index contributed by atoms with van der Waals surface area (Å²) in [4.78, 5) is 28.9. The van der Waals surface area contributed by atoms with E-state index in [2.05, 4.69) is 15.4 Å². The average molecular weight is 363 g/mol. The predicted octanol–water partition coefficient (Wildman–Crippen LogP) is 2.50. The van der Waals surface area contributed by atoms with Crippen molar-refractivity contribution in [1.29, 1.82) is 0 Å². The summed E-state index contributed by atoms with van der Waals surface area (Å²) >= 11 is 2.61. The summed E-state index contributed by atoms with van der Waals surface area (Å²) in [6, 6.07) is 3.73. The topological polar surface area (TPSA) is 81.8 Å². The van der Waals surface area contributed by atoms with Crippen molar-refractivity contribution in [1.82, 2.24) is 19.3 Å². The van der Waals surface area contributed by atoms with Gasteiger partial charge in [0.25, 0.3) is 5.56 Å². The van der Waals surface area contributed by atoms with Gasteiger partial charge in [-0.1, -0.05) is 11.8 Å². The van der Waals surface area contributed by atoms with Crippen LogP contribution in [0.25, 0.3) is 10.2 Å². The van der Waals surface area contributed by atoms with E-state index in [1.165, 1.54) is 27.7 Å². The molecule has 0 spiro atoms. The van der Waals surface area contributed by atoms with Crippen LogP contribution < -0.4 is 10.9 Å². The SMILES string of the molecule is CC(C)n1nccc1NC(=O)CSc1nc2ccsc2c(=O)n1C. The number of aromatic nitrogens is 4. The van der Waals surface area contributed by atoms with E-state index in [-0.39, 0.29) is 23.3 Å². The third-order valence-electron chi connectivity index (χ3n) is 3.41. The van der Waals surface area contributed by atoms with E-state index < -0.39 is 0 Å². The fourth-order valence-electron chi connectivity index (χ4n) is 2.23. The molecule has 3 aromatic heterocycles. The summed E-state index contributed by atoms with van der Waals surface area (Å²) in [7, 11) is 1.67.